The molecule has 15 heteroatoms. The zero-order valence-corrected chi connectivity index (χ0v) is 31.4. The van der Waals surface area contributed by atoms with Crippen LogP contribution in [0.5, 0.6) is 0 Å². The minimum atomic E-state index is -3.91. The zero-order valence-electron chi connectivity index (χ0n) is 30.6. The lowest BCUT2D eigenvalue weighted by molar-refractivity contribution is -0.142. The number of nitrogens with one attached hydrogen (secondary N) is 3. The molecule has 0 aromatic heterocycles. The van der Waals surface area contributed by atoms with E-state index in [9.17, 15) is 32.4 Å². The lowest BCUT2D eigenvalue weighted by atomic mass is 9.96. The predicted octanol–water partition coefficient (Wildman–Crippen LogP) is 3.65. The molecular weight excluding hydrogens is 715 g/mol. The maximum atomic E-state index is 14.7. The Labute approximate surface area is 315 Å². The Bertz CT molecular complexity index is 1910. The fourth-order valence-corrected chi connectivity index (χ4v) is 10.4. The topological polar surface area (TPSA) is 181 Å². The van der Waals surface area contributed by atoms with Crippen LogP contribution in [-0.2, 0) is 47.0 Å². The van der Waals surface area contributed by atoms with E-state index in [1.165, 1.54) is 11.0 Å². The van der Waals surface area contributed by atoms with Crippen LogP contribution in [0, 0.1) is 17.8 Å². The smallest absolute Gasteiger partial charge is 0.410 e. The Kier molecular flexibility index (Phi) is 9.29. The summed E-state index contributed by atoms with van der Waals surface area (Å²) in [7, 11) is -3.91. The maximum absolute atomic E-state index is 14.7. The number of fused-ring (bicyclic) bond motifs is 4. The molecule has 7 aliphatic rings. The molecule has 1 saturated heterocycles. The number of benzene rings is 1. The molecule has 3 heterocycles. The van der Waals surface area contributed by atoms with Crippen molar-refractivity contribution in [2.45, 2.75) is 125 Å². The van der Waals surface area contributed by atoms with Crippen molar-refractivity contribution in [2.24, 2.45) is 17.8 Å². The van der Waals surface area contributed by atoms with Crippen molar-refractivity contribution >= 4 is 46.0 Å². The maximum Gasteiger partial charge on any atom is 0.410 e. The summed E-state index contributed by atoms with van der Waals surface area (Å²) in [4.78, 5) is 72.6. The van der Waals surface area contributed by atoms with E-state index < -0.39 is 80.4 Å². The zero-order chi connectivity index (χ0) is 38.0. The summed E-state index contributed by atoms with van der Waals surface area (Å²) in [5.74, 6) is -2.59. The van der Waals surface area contributed by atoms with Gasteiger partial charge in [0, 0.05) is 24.8 Å². The van der Waals surface area contributed by atoms with Gasteiger partial charge in [0.25, 0.3) is 5.91 Å². The van der Waals surface area contributed by atoms with Crippen molar-refractivity contribution in [3.8, 4) is 0 Å². The standard InChI is InChI=1S/C39H49N5O9S/c1-3-26-19-39(26,35(47)42-54(50,51)29-15-16-29)41-33(45)31-17-28-21-44(31)34(46)32(24-10-4-5-11-24)40-36(48)53-38(2)18-27(38)14-7-6-9-23-12-8-13-25-20-43(22-30(23)25)37(49)52-28/h3,6,8-9,12-13,24,26-29,31-32H,1,4-5,7,10-11,14-22H2,2H3,(H,40,48)(H,41,45)(H,42,47)/b9-6+/t26-,27-,28-,31+,32+,38-,39-/m1/s1. The number of alkyl carbamates (subject to hydrolysis) is 1. The lowest BCUT2D eigenvalue weighted by Gasteiger charge is -2.32. The molecule has 0 spiro atoms. The minimum absolute atomic E-state index is 0.0590. The van der Waals surface area contributed by atoms with Gasteiger partial charge in [-0.05, 0) is 80.9 Å². The molecule has 3 N–H and O–H groups in total. The van der Waals surface area contributed by atoms with E-state index >= 15 is 0 Å². The van der Waals surface area contributed by atoms with Crippen LogP contribution >= 0.6 is 0 Å². The quantitative estimate of drug-likeness (QED) is 0.350. The molecule has 4 aliphatic carbocycles. The summed E-state index contributed by atoms with van der Waals surface area (Å²) in [6.45, 7) is 6.28. The highest BCUT2D eigenvalue weighted by Crippen LogP contribution is 2.50. The van der Waals surface area contributed by atoms with Crippen molar-refractivity contribution < 1.29 is 41.9 Å². The summed E-state index contributed by atoms with van der Waals surface area (Å²) in [6, 6.07) is 3.79. The van der Waals surface area contributed by atoms with Crippen LogP contribution in [0.3, 0.4) is 0 Å². The number of carbonyl (C=O) groups excluding carboxylic acids is 5. The summed E-state index contributed by atoms with van der Waals surface area (Å²) in [5, 5.41) is 5.01. The largest absolute Gasteiger partial charge is 0.444 e. The Morgan fingerprint density at radius 3 is 2.56 bits per heavy atom. The average Bonchev–Trinajstić information content (AvgIpc) is 4.05. The molecule has 290 valence electrons. The number of ether oxygens (including phenoxy) is 2. The van der Waals surface area contributed by atoms with Crippen molar-refractivity contribution in [1.82, 2.24) is 25.2 Å². The van der Waals surface area contributed by atoms with E-state index in [1.54, 1.807) is 4.90 Å². The van der Waals surface area contributed by atoms with Gasteiger partial charge in [0.15, 0.2) is 0 Å². The van der Waals surface area contributed by atoms with Gasteiger partial charge in [0.2, 0.25) is 21.8 Å². The van der Waals surface area contributed by atoms with Crippen LogP contribution in [0.25, 0.3) is 6.08 Å². The van der Waals surface area contributed by atoms with Crippen molar-refractivity contribution in [3.05, 3.63) is 53.6 Å². The third-order valence-electron chi connectivity index (χ3n) is 12.7. The average molecular weight is 764 g/mol. The molecule has 4 saturated carbocycles. The van der Waals surface area contributed by atoms with E-state index in [0.717, 1.165) is 42.4 Å². The Morgan fingerprint density at radius 1 is 1.06 bits per heavy atom. The van der Waals surface area contributed by atoms with Crippen LogP contribution in [-0.4, -0.2) is 89.2 Å². The van der Waals surface area contributed by atoms with Gasteiger partial charge >= 0.3 is 12.2 Å². The molecule has 0 radical (unpaired) electrons. The predicted molar refractivity (Wildman–Crippen MR) is 195 cm³/mol. The highest BCUT2D eigenvalue weighted by atomic mass is 32.2. The van der Waals surface area contributed by atoms with Gasteiger partial charge in [-0.1, -0.05) is 49.3 Å². The fraction of sp³-hybridized carbons (Fsp3) is 0.615. The first kappa shape index (κ1) is 36.6. The number of hydrogen-bond donors (Lipinski definition) is 3. The number of hydrogen-bond acceptors (Lipinski definition) is 9. The molecule has 7 atom stereocenters. The summed E-state index contributed by atoms with van der Waals surface area (Å²) >= 11 is 0. The summed E-state index contributed by atoms with van der Waals surface area (Å²) in [6.07, 6.45) is 10.0. The number of nitrogens with zero attached hydrogens (tertiary/aromatic N) is 2. The first-order chi connectivity index (χ1) is 25.8. The van der Waals surface area contributed by atoms with Crippen molar-refractivity contribution in [1.29, 1.82) is 0 Å². The van der Waals surface area contributed by atoms with Gasteiger partial charge in [-0.25, -0.2) is 18.0 Å². The highest BCUT2D eigenvalue weighted by Gasteiger charge is 2.62. The SMILES string of the molecule is C=C[C@@H]1C[C@]1(NC(=O)[C@@H]1C[C@@H]2CN1C(=O)[C@H](C1CCCC1)NC(=O)O[C@]1(C)C[C@H]1CC/C=C/c1cccc3c1CN(C3)C(=O)O2)C(=O)NS(=O)(=O)C1CC1. The third kappa shape index (κ3) is 6.99. The van der Waals surface area contributed by atoms with Crippen LogP contribution in [0.4, 0.5) is 9.59 Å². The summed E-state index contributed by atoms with van der Waals surface area (Å²) < 4.78 is 39.6. The van der Waals surface area contributed by atoms with Crippen LogP contribution in [0.1, 0.15) is 94.2 Å². The van der Waals surface area contributed by atoms with Gasteiger partial charge in [-0.2, -0.15) is 0 Å². The highest BCUT2D eigenvalue weighted by molar-refractivity contribution is 7.91. The summed E-state index contributed by atoms with van der Waals surface area (Å²) in [5.41, 5.74) is 0.843. The normalized spacial score (nSPS) is 34.5. The molecule has 1 aromatic carbocycles. The molecule has 5 fully saturated rings. The van der Waals surface area contributed by atoms with Gasteiger partial charge in [0.1, 0.15) is 29.3 Å². The molecule has 3 aliphatic heterocycles. The Balaban J connectivity index is 1.08. The Hall–Kier alpha value is -4.40. The van der Waals surface area contributed by atoms with Crippen molar-refractivity contribution in [2.75, 3.05) is 6.54 Å². The second kappa shape index (κ2) is 13.7. The molecule has 54 heavy (non-hydrogen) atoms. The second-order valence-electron chi connectivity index (χ2n) is 16.5. The van der Waals surface area contributed by atoms with Crippen molar-refractivity contribution in [3.63, 3.8) is 0 Å². The van der Waals surface area contributed by atoms with E-state index in [0.29, 0.717) is 45.2 Å². The van der Waals surface area contributed by atoms with E-state index in [1.807, 2.05) is 25.1 Å². The number of rotatable bonds is 7. The van der Waals surface area contributed by atoms with Gasteiger partial charge in [0.05, 0.1) is 18.3 Å². The number of allylic oxidation sites excluding steroid dienone is 1. The van der Waals surface area contributed by atoms with Crippen LogP contribution in [0.2, 0.25) is 0 Å². The number of carbonyl (C=O) groups is 5. The fourth-order valence-electron chi connectivity index (χ4n) is 9.03. The Morgan fingerprint density at radius 2 is 1.83 bits per heavy atom. The number of amides is 5. The number of sulfonamides is 1. The van der Waals surface area contributed by atoms with Crippen LogP contribution < -0.4 is 15.4 Å². The molecular formula is C39H49N5O9S. The van der Waals surface area contributed by atoms with E-state index in [4.69, 9.17) is 9.47 Å². The lowest BCUT2D eigenvalue weighted by Crippen LogP contribution is -2.59. The molecule has 14 nitrogen and oxygen atoms in total. The molecule has 0 unspecified atom stereocenters. The monoisotopic (exact) mass is 763 g/mol. The van der Waals surface area contributed by atoms with Gasteiger partial charge in [-0.3, -0.25) is 24.0 Å². The molecule has 5 amide bonds. The van der Waals surface area contributed by atoms with Crippen LogP contribution in [0.15, 0.2) is 36.9 Å². The second-order valence-corrected chi connectivity index (χ2v) is 18.5. The van der Waals surface area contributed by atoms with E-state index in [2.05, 4.69) is 34.1 Å². The molecule has 8 rings (SSSR count). The first-order valence-electron chi connectivity index (χ1n) is 19.3. The van der Waals surface area contributed by atoms with Gasteiger partial charge < -0.3 is 25.0 Å². The minimum Gasteiger partial charge on any atom is -0.444 e. The van der Waals surface area contributed by atoms with E-state index in [-0.39, 0.29) is 31.2 Å². The molecule has 1 aromatic rings. The first-order valence-corrected chi connectivity index (χ1v) is 20.9. The third-order valence-corrected chi connectivity index (χ3v) is 14.5. The van der Waals surface area contributed by atoms with Gasteiger partial charge in [-0.15, -0.1) is 6.58 Å². The molecule has 4 bridgehead atoms.